The van der Waals surface area contributed by atoms with Crippen molar-refractivity contribution in [2.75, 3.05) is 11.1 Å². The maximum absolute atomic E-state index is 12.7. The number of rotatable bonds is 10. The van der Waals surface area contributed by atoms with Crippen LogP contribution < -0.4 is 10.6 Å². The average Bonchev–Trinajstić information content (AvgIpc) is 3.24. The number of aromatic carboxylic acids is 1. The summed E-state index contributed by atoms with van der Waals surface area (Å²) in [6.07, 6.45) is 0. The van der Waals surface area contributed by atoms with Crippen LogP contribution in [0.5, 0.6) is 0 Å². The molecule has 1 aromatic heterocycles. The van der Waals surface area contributed by atoms with Crippen LogP contribution in [0.25, 0.3) is 0 Å². The van der Waals surface area contributed by atoms with Gasteiger partial charge < -0.3 is 20.3 Å². The zero-order valence-corrected chi connectivity index (χ0v) is 20.0. The van der Waals surface area contributed by atoms with Gasteiger partial charge in [-0.1, -0.05) is 43.8 Å². The van der Waals surface area contributed by atoms with Crippen molar-refractivity contribution in [3.05, 3.63) is 71.5 Å². The highest BCUT2D eigenvalue weighted by atomic mass is 32.2. The van der Waals surface area contributed by atoms with E-state index in [0.717, 1.165) is 0 Å². The number of hydrogen-bond acceptors (Lipinski definition) is 6. The van der Waals surface area contributed by atoms with E-state index in [1.165, 1.54) is 23.9 Å². The van der Waals surface area contributed by atoms with Crippen LogP contribution in [0.4, 0.5) is 5.69 Å². The molecule has 0 aliphatic heterocycles. The smallest absolute Gasteiger partial charge is 0.335 e. The third-order valence-corrected chi connectivity index (χ3v) is 6.04. The van der Waals surface area contributed by atoms with E-state index in [-0.39, 0.29) is 35.1 Å². The summed E-state index contributed by atoms with van der Waals surface area (Å²) < 4.78 is 1.90. The zero-order valence-electron chi connectivity index (χ0n) is 19.2. The first-order chi connectivity index (χ1) is 16.3. The van der Waals surface area contributed by atoms with Gasteiger partial charge >= 0.3 is 5.97 Å². The molecule has 178 valence electrons. The van der Waals surface area contributed by atoms with Crippen molar-refractivity contribution < 1.29 is 19.5 Å². The first-order valence-electron chi connectivity index (χ1n) is 10.8. The Hall–Kier alpha value is -3.66. The summed E-state index contributed by atoms with van der Waals surface area (Å²) in [5, 5.41) is 23.9. The van der Waals surface area contributed by atoms with Crippen LogP contribution in [-0.4, -0.2) is 43.4 Å². The van der Waals surface area contributed by atoms with E-state index in [1.54, 1.807) is 24.3 Å². The van der Waals surface area contributed by atoms with Crippen LogP contribution in [0.15, 0.2) is 59.8 Å². The quantitative estimate of drug-likeness (QED) is 0.375. The lowest BCUT2D eigenvalue weighted by molar-refractivity contribution is -0.113. The van der Waals surface area contributed by atoms with Crippen LogP contribution in [0.2, 0.25) is 0 Å². The molecule has 1 unspecified atom stereocenters. The number of carboxylic acids is 1. The summed E-state index contributed by atoms with van der Waals surface area (Å²) in [5.74, 6) is -0.666. The lowest BCUT2D eigenvalue weighted by atomic mass is 10.0. The van der Waals surface area contributed by atoms with Gasteiger partial charge in [0.25, 0.3) is 5.91 Å². The predicted molar refractivity (Wildman–Crippen MR) is 130 cm³/mol. The minimum atomic E-state index is -1.03. The molecule has 34 heavy (non-hydrogen) atoms. The van der Waals surface area contributed by atoms with Gasteiger partial charge in [-0.05, 0) is 49.2 Å². The molecule has 1 atom stereocenters. The van der Waals surface area contributed by atoms with Gasteiger partial charge in [0.1, 0.15) is 0 Å². The molecule has 2 aromatic carbocycles. The third kappa shape index (κ3) is 6.22. The summed E-state index contributed by atoms with van der Waals surface area (Å²) in [6.45, 7) is 6.53. The molecule has 3 N–H and O–H groups in total. The Morgan fingerprint density at radius 2 is 1.68 bits per heavy atom. The number of amides is 2. The molecule has 0 bridgehead atoms. The number of hydrogen-bond donors (Lipinski definition) is 3. The molecule has 0 aliphatic rings. The van der Waals surface area contributed by atoms with Crippen LogP contribution in [0.1, 0.15) is 53.4 Å². The van der Waals surface area contributed by atoms with Gasteiger partial charge in [0.05, 0.1) is 17.4 Å². The number of thioether (sulfide) groups is 1. The summed E-state index contributed by atoms with van der Waals surface area (Å²) in [5.41, 5.74) is 1.23. The second-order valence-electron chi connectivity index (χ2n) is 7.87. The Balaban J connectivity index is 1.67. The van der Waals surface area contributed by atoms with Crippen molar-refractivity contribution >= 4 is 35.2 Å². The van der Waals surface area contributed by atoms with Gasteiger partial charge in [-0.15, -0.1) is 10.2 Å². The lowest BCUT2D eigenvalue weighted by Gasteiger charge is -2.22. The first-order valence-corrected chi connectivity index (χ1v) is 11.8. The highest BCUT2D eigenvalue weighted by Crippen LogP contribution is 2.25. The summed E-state index contributed by atoms with van der Waals surface area (Å²) in [4.78, 5) is 36.1. The molecule has 2 amide bonds. The Morgan fingerprint density at radius 3 is 2.26 bits per heavy atom. The fourth-order valence-electron chi connectivity index (χ4n) is 3.30. The van der Waals surface area contributed by atoms with E-state index in [9.17, 15) is 14.4 Å². The van der Waals surface area contributed by atoms with Crippen molar-refractivity contribution in [2.45, 2.75) is 38.5 Å². The van der Waals surface area contributed by atoms with Crippen molar-refractivity contribution in [3.8, 4) is 0 Å². The molecule has 9 nitrogen and oxygen atoms in total. The SMILES string of the molecule is CCn1c(SCC(=O)Nc2ccc(C(=O)O)cc2)nnc1C(NC(=O)c1ccccc1)C(C)C. The Labute approximate surface area is 202 Å². The molecule has 0 radical (unpaired) electrons. The van der Waals surface area contributed by atoms with Crippen molar-refractivity contribution in [2.24, 2.45) is 5.92 Å². The fourth-order valence-corrected chi connectivity index (χ4v) is 4.11. The topological polar surface area (TPSA) is 126 Å². The van der Waals surface area contributed by atoms with Crippen molar-refractivity contribution in [1.82, 2.24) is 20.1 Å². The standard InChI is InChI=1S/C24H27N5O4S/c1-4-29-21(20(15(2)3)26-22(31)16-8-6-5-7-9-16)27-28-24(29)34-14-19(30)25-18-12-10-17(11-13-18)23(32)33/h5-13,15,20H,4,14H2,1-3H3,(H,25,30)(H,26,31)(H,32,33). The molecule has 3 rings (SSSR count). The molecular formula is C24H27N5O4S. The van der Waals surface area contributed by atoms with E-state index in [2.05, 4.69) is 20.8 Å². The van der Waals surface area contributed by atoms with Gasteiger partial charge in [0, 0.05) is 17.8 Å². The van der Waals surface area contributed by atoms with Gasteiger partial charge in [-0.3, -0.25) is 9.59 Å². The van der Waals surface area contributed by atoms with Gasteiger partial charge in [0.15, 0.2) is 11.0 Å². The normalized spacial score (nSPS) is 11.8. The number of nitrogens with one attached hydrogen (secondary N) is 2. The molecule has 0 saturated heterocycles. The van der Waals surface area contributed by atoms with E-state index in [4.69, 9.17) is 5.11 Å². The zero-order chi connectivity index (χ0) is 24.7. The molecule has 0 aliphatic carbocycles. The summed E-state index contributed by atoms with van der Waals surface area (Å²) in [6, 6.07) is 14.6. The molecule has 0 spiro atoms. The Morgan fingerprint density at radius 1 is 1.00 bits per heavy atom. The second kappa shape index (κ2) is 11.5. The van der Waals surface area contributed by atoms with Gasteiger partial charge in [0.2, 0.25) is 5.91 Å². The number of carboxylic acid groups (broad SMARTS) is 1. The van der Waals surface area contributed by atoms with E-state index in [0.29, 0.717) is 28.8 Å². The third-order valence-electron chi connectivity index (χ3n) is 5.08. The average molecular weight is 482 g/mol. The highest BCUT2D eigenvalue weighted by Gasteiger charge is 2.26. The summed E-state index contributed by atoms with van der Waals surface area (Å²) >= 11 is 1.24. The maximum atomic E-state index is 12.7. The summed E-state index contributed by atoms with van der Waals surface area (Å²) in [7, 11) is 0. The minimum absolute atomic E-state index is 0.0667. The minimum Gasteiger partial charge on any atom is -0.478 e. The van der Waals surface area contributed by atoms with Crippen LogP contribution in [-0.2, 0) is 11.3 Å². The largest absolute Gasteiger partial charge is 0.478 e. The molecule has 10 heteroatoms. The molecule has 3 aromatic rings. The van der Waals surface area contributed by atoms with Crippen LogP contribution >= 0.6 is 11.8 Å². The van der Waals surface area contributed by atoms with Gasteiger partial charge in [-0.25, -0.2) is 4.79 Å². The second-order valence-corrected chi connectivity index (χ2v) is 8.81. The first kappa shape index (κ1) is 25.0. The monoisotopic (exact) mass is 481 g/mol. The highest BCUT2D eigenvalue weighted by molar-refractivity contribution is 7.99. The number of carbonyl (C=O) groups is 3. The predicted octanol–water partition coefficient (Wildman–Crippen LogP) is 3.85. The Kier molecular flexibility index (Phi) is 8.42. The van der Waals surface area contributed by atoms with Crippen molar-refractivity contribution in [1.29, 1.82) is 0 Å². The molecule has 0 fully saturated rings. The van der Waals surface area contributed by atoms with E-state index < -0.39 is 5.97 Å². The fraction of sp³-hybridized carbons (Fsp3) is 0.292. The number of anilines is 1. The van der Waals surface area contributed by atoms with E-state index in [1.807, 2.05) is 43.5 Å². The number of benzene rings is 2. The number of aromatic nitrogens is 3. The van der Waals surface area contributed by atoms with Gasteiger partial charge in [-0.2, -0.15) is 0 Å². The maximum Gasteiger partial charge on any atom is 0.335 e. The van der Waals surface area contributed by atoms with E-state index >= 15 is 0 Å². The molecular weight excluding hydrogens is 454 g/mol. The Bertz CT molecular complexity index is 1150. The van der Waals surface area contributed by atoms with Crippen LogP contribution in [0, 0.1) is 5.92 Å². The number of carbonyl (C=O) groups excluding carboxylic acids is 2. The molecule has 1 heterocycles. The lowest BCUT2D eigenvalue weighted by Crippen LogP contribution is -2.33. The van der Waals surface area contributed by atoms with Crippen LogP contribution in [0.3, 0.4) is 0 Å². The van der Waals surface area contributed by atoms with Crippen molar-refractivity contribution in [3.63, 3.8) is 0 Å². The molecule has 0 saturated carbocycles. The number of nitrogens with zero attached hydrogens (tertiary/aromatic N) is 3.